The Balaban J connectivity index is 1.96. The molecule has 0 saturated heterocycles. The number of hydrogen-bond acceptors (Lipinski definition) is 2. The maximum atomic E-state index is 10.7. The van der Waals surface area contributed by atoms with Crippen LogP contribution >= 0.6 is 0 Å². The minimum absolute atomic E-state index is 0.0168. The third kappa shape index (κ3) is 1.96. The van der Waals surface area contributed by atoms with E-state index in [1.54, 1.807) is 6.07 Å². The third-order valence-electron chi connectivity index (χ3n) is 3.04. The van der Waals surface area contributed by atoms with Crippen molar-refractivity contribution in [2.75, 3.05) is 0 Å². The lowest BCUT2D eigenvalue weighted by Crippen LogP contribution is -1.91. The van der Waals surface area contributed by atoms with Crippen molar-refractivity contribution in [3.63, 3.8) is 0 Å². The summed E-state index contributed by atoms with van der Waals surface area (Å²) in [6, 6.07) is 11.3. The Labute approximate surface area is 98.7 Å². The molecule has 1 fully saturated rings. The third-order valence-corrected chi connectivity index (χ3v) is 3.04. The SMILES string of the molecule is O=C(O)c1ccc(-c2cccc(C3CC3)c2)o1. The Morgan fingerprint density at radius 2 is 2.06 bits per heavy atom. The zero-order chi connectivity index (χ0) is 11.8. The molecule has 0 unspecified atom stereocenters. The largest absolute Gasteiger partial charge is 0.475 e. The predicted molar refractivity (Wildman–Crippen MR) is 63.1 cm³/mol. The molecule has 1 N–H and O–H groups in total. The molecule has 0 aliphatic heterocycles. The van der Waals surface area contributed by atoms with Crippen molar-refractivity contribution in [2.45, 2.75) is 18.8 Å². The summed E-state index contributed by atoms with van der Waals surface area (Å²) in [5.74, 6) is 0.250. The molecule has 0 amide bonds. The van der Waals surface area contributed by atoms with Gasteiger partial charge in [-0.15, -0.1) is 0 Å². The molecule has 0 atom stereocenters. The van der Waals surface area contributed by atoms with Crippen LogP contribution in [-0.4, -0.2) is 11.1 Å². The van der Waals surface area contributed by atoms with Gasteiger partial charge in [-0.05, 0) is 42.5 Å². The number of aromatic carboxylic acids is 1. The predicted octanol–water partition coefficient (Wildman–Crippen LogP) is 3.52. The second-order valence-electron chi connectivity index (χ2n) is 4.37. The minimum Gasteiger partial charge on any atom is -0.475 e. The van der Waals surface area contributed by atoms with E-state index in [2.05, 4.69) is 12.1 Å². The first-order valence-corrected chi connectivity index (χ1v) is 5.67. The van der Waals surface area contributed by atoms with E-state index in [0.717, 1.165) is 5.56 Å². The Hall–Kier alpha value is -2.03. The summed E-state index contributed by atoms with van der Waals surface area (Å²) in [7, 11) is 0. The molecule has 3 heteroatoms. The van der Waals surface area contributed by atoms with Gasteiger partial charge in [0.05, 0.1) is 0 Å². The van der Waals surface area contributed by atoms with Gasteiger partial charge in [0.2, 0.25) is 5.76 Å². The molecule has 1 saturated carbocycles. The molecule has 1 heterocycles. The highest BCUT2D eigenvalue weighted by molar-refractivity contribution is 5.85. The average Bonchev–Trinajstić information content (AvgIpc) is 3.06. The number of rotatable bonds is 3. The van der Waals surface area contributed by atoms with E-state index in [-0.39, 0.29) is 5.76 Å². The fourth-order valence-corrected chi connectivity index (χ4v) is 1.97. The number of furan rings is 1. The van der Waals surface area contributed by atoms with Crippen molar-refractivity contribution in [2.24, 2.45) is 0 Å². The van der Waals surface area contributed by atoms with Gasteiger partial charge < -0.3 is 9.52 Å². The summed E-state index contributed by atoms with van der Waals surface area (Å²) < 4.78 is 5.29. The van der Waals surface area contributed by atoms with Gasteiger partial charge in [0.15, 0.2) is 0 Å². The summed E-state index contributed by atoms with van der Waals surface area (Å²) in [4.78, 5) is 10.7. The van der Waals surface area contributed by atoms with Crippen LogP contribution in [0.25, 0.3) is 11.3 Å². The zero-order valence-corrected chi connectivity index (χ0v) is 9.22. The molecule has 3 nitrogen and oxygen atoms in total. The quantitative estimate of drug-likeness (QED) is 0.874. The second-order valence-corrected chi connectivity index (χ2v) is 4.37. The van der Waals surface area contributed by atoms with E-state index < -0.39 is 5.97 Å². The van der Waals surface area contributed by atoms with Crippen molar-refractivity contribution < 1.29 is 14.3 Å². The summed E-state index contributed by atoms with van der Waals surface area (Å²) in [6.07, 6.45) is 2.50. The Morgan fingerprint density at radius 1 is 1.24 bits per heavy atom. The van der Waals surface area contributed by atoms with E-state index in [1.165, 1.54) is 24.5 Å². The number of carboxylic acid groups (broad SMARTS) is 1. The van der Waals surface area contributed by atoms with Crippen LogP contribution in [0.4, 0.5) is 0 Å². The van der Waals surface area contributed by atoms with Crippen molar-refractivity contribution >= 4 is 5.97 Å². The van der Waals surface area contributed by atoms with Gasteiger partial charge in [0.1, 0.15) is 5.76 Å². The molecule has 2 aromatic rings. The molecule has 0 spiro atoms. The van der Waals surface area contributed by atoms with Crippen molar-refractivity contribution in [1.82, 2.24) is 0 Å². The van der Waals surface area contributed by atoms with Crippen LogP contribution in [0.5, 0.6) is 0 Å². The van der Waals surface area contributed by atoms with E-state index in [0.29, 0.717) is 11.7 Å². The van der Waals surface area contributed by atoms with Crippen LogP contribution in [0.1, 0.15) is 34.9 Å². The highest BCUT2D eigenvalue weighted by Gasteiger charge is 2.23. The van der Waals surface area contributed by atoms with Gasteiger partial charge in [0, 0.05) is 5.56 Å². The molecule has 1 aromatic carbocycles. The highest BCUT2D eigenvalue weighted by Crippen LogP contribution is 2.41. The normalized spacial score (nSPS) is 14.8. The molecular formula is C14H12O3. The highest BCUT2D eigenvalue weighted by atomic mass is 16.4. The molecule has 86 valence electrons. The first-order chi connectivity index (χ1) is 8.24. The average molecular weight is 228 g/mol. The molecule has 1 aliphatic carbocycles. The van der Waals surface area contributed by atoms with Gasteiger partial charge >= 0.3 is 5.97 Å². The van der Waals surface area contributed by atoms with Gasteiger partial charge in [-0.25, -0.2) is 4.79 Å². The van der Waals surface area contributed by atoms with Crippen molar-refractivity contribution in [3.05, 3.63) is 47.7 Å². The van der Waals surface area contributed by atoms with Crippen molar-refractivity contribution in [3.8, 4) is 11.3 Å². The Bertz CT molecular complexity index is 564. The van der Waals surface area contributed by atoms with Crippen LogP contribution in [0.15, 0.2) is 40.8 Å². The fourth-order valence-electron chi connectivity index (χ4n) is 1.97. The van der Waals surface area contributed by atoms with Crippen LogP contribution in [0.3, 0.4) is 0 Å². The summed E-state index contributed by atoms with van der Waals surface area (Å²) in [5.41, 5.74) is 2.26. The molecule has 3 rings (SSSR count). The van der Waals surface area contributed by atoms with Crippen LogP contribution in [0.2, 0.25) is 0 Å². The second kappa shape index (κ2) is 3.77. The summed E-state index contributed by atoms with van der Waals surface area (Å²) in [5, 5.41) is 8.80. The lowest BCUT2D eigenvalue weighted by molar-refractivity contribution is 0.0663. The first-order valence-electron chi connectivity index (χ1n) is 5.67. The fraction of sp³-hybridized carbons (Fsp3) is 0.214. The van der Waals surface area contributed by atoms with Gasteiger partial charge in [-0.2, -0.15) is 0 Å². The monoisotopic (exact) mass is 228 g/mol. The van der Waals surface area contributed by atoms with Crippen LogP contribution < -0.4 is 0 Å². The molecule has 0 bridgehead atoms. The van der Waals surface area contributed by atoms with Gasteiger partial charge in [-0.1, -0.05) is 18.2 Å². The maximum absolute atomic E-state index is 10.7. The molecule has 1 aliphatic rings. The number of benzene rings is 1. The van der Waals surface area contributed by atoms with Gasteiger partial charge in [-0.3, -0.25) is 0 Å². The summed E-state index contributed by atoms with van der Waals surface area (Å²) >= 11 is 0. The van der Waals surface area contributed by atoms with Crippen molar-refractivity contribution in [1.29, 1.82) is 0 Å². The van der Waals surface area contributed by atoms with Gasteiger partial charge in [0.25, 0.3) is 0 Å². The van der Waals surface area contributed by atoms with Crippen LogP contribution in [0, 0.1) is 0 Å². The topological polar surface area (TPSA) is 50.4 Å². The first kappa shape index (κ1) is 10.1. The lowest BCUT2D eigenvalue weighted by Gasteiger charge is -2.01. The van der Waals surface area contributed by atoms with E-state index in [1.807, 2.05) is 12.1 Å². The van der Waals surface area contributed by atoms with E-state index in [9.17, 15) is 4.79 Å². The minimum atomic E-state index is -1.03. The molecular weight excluding hydrogens is 216 g/mol. The Morgan fingerprint density at radius 3 is 2.71 bits per heavy atom. The van der Waals surface area contributed by atoms with E-state index >= 15 is 0 Å². The number of hydrogen-bond donors (Lipinski definition) is 1. The maximum Gasteiger partial charge on any atom is 0.371 e. The molecule has 1 aromatic heterocycles. The van der Waals surface area contributed by atoms with Crippen LogP contribution in [-0.2, 0) is 0 Å². The zero-order valence-electron chi connectivity index (χ0n) is 9.22. The lowest BCUT2D eigenvalue weighted by atomic mass is 10.1. The Kier molecular flexibility index (Phi) is 2.25. The molecule has 0 radical (unpaired) electrons. The smallest absolute Gasteiger partial charge is 0.371 e. The standard InChI is InChI=1S/C14H12O3/c15-14(16)13-7-6-12(17-13)11-3-1-2-10(8-11)9-4-5-9/h1-3,6-9H,4-5H2,(H,15,16). The number of carboxylic acids is 1. The van der Waals surface area contributed by atoms with E-state index in [4.69, 9.17) is 9.52 Å². The molecule has 17 heavy (non-hydrogen) atoms. The summed E-state index contributed by atoms with van der Waals surface area (Å²) in [6.45, 7) is 0. The number of carbonyl (C=O) groups is 1.